The lowest BCUT2D eigenvalue weighted by molar-refractivity contribution is -0.135. The number of fused-ring (bicyclic) bond motifs is 1. The molecule has 0 saturated carbocycles. The number of carbonyl (C=O) groups excluding carboxylic acids is 1. The zero-order chi connectivity index (χ0) is 18.6. The van der Waals surface area contributed by atoms with Crippen LogP contribution in [0.1, 0.15) is 29.5 Å². The van der Waals surface area contributed by atoms with Gasteiger partial charge in [0.1, 0.15) is 0 Å². The van der Waals surface area contributed by atoms with Crippen LogP contribution in [0.2, 0.25) is 0 Å². The van der Waals surface area contributed by atoms with Crippen LogP contribution in [0.3, 0.4) is 0 Å². The smallest absolute Gasteiger partial charge is 0.225 e. The summed E-state index contributed by atoms with van der Waals surface area (Å²) in [4.78, 5) is 14.5. The first kappa shape index (κ1) is 18.1. The maximum absolute atomic E-state index is 12.6. The van der Waals surface area contributed by atoms with Gasteiger partial charge >= 0.3 is 0 Å². The van der Waals surface area contributed by atoms with Crippen molar-refractivity contribution in [3.05, 3.63) is 65.2 Å². The summed E-state index contributed by atoms with van der Waals surface area (Å²) in [6.45, 7) is 2.59. The van der Waals surface area contributed by atoms with Crippen molar-refractivity contribution < 1.29 is 4.79 Å². The first-order valence-corrected chi connectivity index (χ1v) is 10.1. The Morgan fingerprint density at radius 2 is 1.67 bits per heavy atom. The molecule has 0 atom stereocenters. The molecular formula is C23H29N3O. The standard InChI is InChI=1S/C23H29N3O/c1-26(23(27)18-10-12-24-13-11-18)16-17-6-8-21(9-7-17)25-22-14-19-4-2-3-5-20(19)15-22/h2-9,18,22,24-25H,10-16H2,1H3. The first-order chi connectivity index (χ1) is 13.2. The third kappa shape index (κ3) is 4.33. The van der Waals surface area contributed by atoms with Crippen LogP contribution in [0.4, 0.5) is 5.69 Å². The average molecular weight is 364 g/mol. The van der Waals surface area contributed by atoms with Crippen LogP contribution >= 0.6 is 0 Å². The number of hydrogen-bond donors (Lipinski definition) is 2. The third-order valence-corrected chi connectivity index (χ3v) is 5.86. The zero-order valence-electron chi connectivity index (χ0n) is 16.1. The predicted octanol–water partition coefficient (Wildman–Crippen LogP) is 3.22. The molecule has 27 heavy (non-hydrogen) atoms. The zero-order valence-corrected chi connectivity index (χ0v) is 16.1. The number of nitrogens with zero attached hydrogens (tertiary/aromatic N) is 1. The van der Waals surface area contributed by atoms with Gasteiger partial charge in [0.2, 0.25) is 5.91 Å². The molecule has 1 fully saturated rings. The van der Waals surface area contributed by atoms with Crippen molar-refractivity contribution in [1.82, 2.24) is 10.2 Å². The highest BCUT2D eigenvalue weighted by Crippen LogP contribution is 2.25. The Hall–Kier alpha value is -2.33. The number of nitrogens with one attached hydrogen (secondary N) is 2. The number of rotatable bonds is 5. The van der Waals surface area contributed by atoms with E-state index in [4.69, 9.17) is 0 Å². The molecule has 0 aromatic heterocycles. The van der Waals surface area contributed by atoms with E-state index in [1.54, 1.807) is 0 Å². The molecule has 4 rings (SSSR count). The van der Waals surface area contributed by atoms with Crippen molar-refractivity contribution in [3.8, 4) is 0 Å². The molecule has 1 amide bonds. The second-order valence-corrected chi connectivity index (χ2v) is 7.93. The van der Waals surface area contributed by atoms with Gasteiger partial charge < -0.3 is 15.5 Å². The van der Waals surface area contributed by atoms with Crippen molar-refractivity contribution in [2.24, 2.45) is 5.92 Å². The molecule has 2 aliphatic rings. The van der Waals surface area contributed by atoms with Gasteiger partial charge in [-0.05, 0) is 67.6 Å². The molecule has 0 spiro atoms. The molecular weight excluding hydrogens is 334 g/mol. The molecule has 4 nitrogen and oxygen atoms in total. The normalized spacial score (nSPS) is 17.5. The fourth-order valence-corrected chi connectivity index (χ4v) is 4.34. The van der Waals surface area contributed by atoms with E-state index in [0.29, 0.717) is 12.6 Å². The fraction of sp³-hybridized carbons (Fsp3) is 0.435. The maximum Gasteiger partial charge on any atom is 0.225 e. The highest BCUT2D eigenvalue weighted by molar-refractivity contribution is 5.78. The highest BCUT2D eigenvalue weighted by atomic mass is 16.2. The van der Waals surface area contributed by atoms with Crippen molar-refractivity contribution >= 4 is 11.6 Å². The lowest BCUT2D eigenvalue weighted by Crippen LogP contribution is -2.38. The second kappa shape index (κ2) is 8.13. The summed E-state index contributed by atoms with van der Waals surface area (Å²) < 4.78 is 0. The van der Waals surface area contributed by atoms with E-state index in [-0.39, 0.29) is 11.8 Å². The van der Waals surface area contributed by atoms with Crippen molar-refractivity contribution in [3.63, 3.8) is 0 Å². The molecule has 142 valence electrons. The monoisotopic (exact) mass is 363 g/mol. The number of piperidine rings is 1. The van der Waals surface area contributed by atoms with Crippen molar-refractivity contribution in [2.45, 2.75) is 38.3 Å². The quantitative estimate of drug-likeness (QED) is 0.857. The van der Waals surface area contributed by atoms with E-state index in [1.165, 1.54) is 16.7 Å². The number of carbonyl (C=O) groups is 1. The Kier molecular flexibility index (Phi) is 5.44. The average Bonchev–Trinajstić information content (AvgIpc) is 3.12. The minimum absolute atomic E-state index is 0.182. The Morgan fingerprint density at radius 1 is 1.04 bits per heavy atom. The van der Waals surface area contributed by atoms with Crippen LogP contribution in [0, 0.1) is 5.92 Å². The molecule has 1 saturated heterocycles. The molecule has 1 aliphatic carbocycles. The molecule has 4 heteroatoms. The van der Waals surface area contributed by atoms with Gasteiger partial charge in [0.25, 0.3) is 0 Å². The molecule has 0 unspecified atom stereocenters. The van der Waals surface area contributed by atoms with Gasteiger partial charge in [-0.25, -0.2) is 0 Å². The van der Waals surface area contributed by atoms with E-state index in [2.05, 4.69) is 59.2 Å². The van der Waals surface area contributed by atoms with E-state index < -0.39 is 0 Å². The SMILES string of the molecule is CN(Cc1ccc(NC2Cc3ccccc3C2)cc1)C(=O)C1CCNCC1. The molecule has 1 aliphatic heterocycles. The summed E-state index contributed by atoms with van der Waals surface area (Å²) >= 11 is 0. The molecule has 0 radical (unpaired) electrons. The number of benzene rings is 2. The maximum atomic E-state index is 12.6. The Bertz CT molecular complexity index is 755. The van der Waals surface area contributed by atoms with Crippen LogP contribution in [-0.2, 0) is 24.2 Å². The number of hydrogen-bond acceptors (Lipinski definition) is 3. The van der Waals surface area contributed by atoms with Crippen molar-refractivity contribution in [1.29, 1.82) is 0 Å². The van der Waals surface area contributed by atoms with Gasteiger partial charge in [-0.1, -0.05) is 36.4 Å². The largest absolute Gasteiger partial charge is 0.382 e. The fourth-order valence-electron chi connectivity index (χ4n) is 4.34. The van der Waals surface area contributed by atoms with Crippen LogP contribution in [0.25, 0.3) is 0 Å². The Morgan fingerprint density at radius 3 is 2.30 bits per heavy atom. The Labute approximate surface area is 162 Å². The van der Waals surface area contributed by atoms with Gasteiger partial charge in [-0.15, -0.1) is 0 Å². The van der Waals surface area contributed by atoms with Crippen LogP contribution in [-0.4, -0.2) is 37.0 Å². The van der Waals surface area contributed by atoms with Gasteiger partial charge in [-0.2, -0.15) is 0 Å². The topological polar surface area (TPSA) is 44.4 Å². The lowest BCUT2D eigenvalue weighted by Gasteiger charge is -2.27. The van der Waals surface area contributed by atoms with Crippen LogP contribution < -0.4 is 10.6 Å². The summed E-state index contributed by atoms with van der Waals surface area (Å²) in [5.74, 6) is 0.462. The van der Waals surface area contributed by atoms with E-state index in [1.807, 2.05) is 11.9 Å². The minimum Gasteiger partial charge on any atom is -0.382 e. The van der Waals surface area contributed by atoms with E-state index in [9.17, 15) is 4.79 Å². The molecule has 0 bridgehead atoms. The molecule has 2 N–H and O–H groups in total. The van der Waals surface area contributed by atoms with E-state index >= 15 is 0 Å². The van der Waals surface area contributed by atoms with Crippen molar-refractivity contribution in [2.75, 3.05) is 25.5 Å². The third-order valence-electron chi connectivity index (χ3n) is 5.86. The highest BCUT2D eigenvalue weighted by Gasteiger charge is 2.24. The predicted molar refractivity (Wildman–Crippen MR) is 110 cm³/mol. The molecule has 2 aromatic carbocycles. The summed E-state index contributed by atoms with van der Waals surface area (Å²) in [5, 5.41) is 6.98. The number of amides is 1. The van der Waals surface area contributed by atoms with Gasteiger partial charge in [-0.3, -0.25) is 4.79 Å². The Balaban J connectivity index is 1.30. The molecule has 2 aromatic rings. The van der Waals surface area contributed by atoms with E-state index in [0.717, 1.165) is 44.5 Å². The van der Waals surface area contributed by atoms with Gasteiger partial charge in [0, 0.05) is 31.2 Å². The summed E-state index contributed by atoms with van der Waals surface area (Å²) in [7, 11) is 1.92. The number of anilines is 1. The van der Waals surface area contributed by atoms with Gasteiger partial charge in [0.05, 0.1) is 0 Å². The summed E-state index contributed by atoms with van der Waals surface area (Å²) in [6.07, 6.45) is 4.09. The first-order valence-electron chi connectivity index (χ1n) is 10.1. The summed E-state index contributed by atoms with van der Waals surface area (Å²) in [5.41, 5.74) is 5.26. The summed E-state index contributed by atoms with van der Waals surface area (Å²) in [6, 6.07) is 17.7. The molecule has 1 heterocycles. The van der Waals surface area contributed by atoms with Crippen LogP contribution in [0.15, 0.2) is 48.5 Å². The lowest BCUT2D eigenvalue weighted by atomic mass is 9.96. The van der Waals surface area contributed by atoms with Gasteiger partial charge in [0.15, 0.2) is 0 Å². The minimum atomic E-state index is 0.182. The van der Waals surface area contributed by atoms with Crippen LogP contribution in [0.5, 0.6) is 0 Å². The second-order valence-electron chi connectivity index (χ2n) is 7.93.